The first-order valence-electron chi connectivity index (χ1n) is 6.85. The van der Waals surface area contributed by atoms with Gasteiger partial charge in [-0.15, -0.1) is 6.58 Å². The number of amides is 2. The Morgan fingerprint density at radius 3 is 2.78 bits per heavy atom. The molecular weight excluding hydrogens is 228 g/mol. The van der Waals surface area contributed by atoms with E-state index in [1.165, 1.54) is 0 Å². The molecule has 4 nitrogen and oxygen atoms in total. The van der Waals surface area contributed by atoms with E-state index in [2.05, 4.69) is 6.58 Å². The van der Waals surface area contributed by atoms with Crippen molar-refractivity contribution in [1.29, 1.82) is 0 Å². The highest BCUT2D eigenvalue weighted by atomic mass is 16.2. The van der Waals surface area contributed by atoms with E-state index in [1.54, 1.807) is 9.80 Å². The standard InChI is InChI=1S/C14H22N2O2/c1-4-7-10(3)16-11(5-2)13(17)15-9-6-8-12(15)14(16)18/h4,10-12H,1,5-9H2,2-3H3. The van der Waals surface area contributed by atoms with Gasteiger partial charge in [0.2, 0.25) is 11.8 Å². The third kappa shape index (κ3) is 1.93. The molecule has 0 aromatic heterocycles. The Morgan fingerprint density at radius 1 is 1.44 bits per heavy atom. The molecule has 100 valence electrons. The lowest BCUT2D eigenvalue weighted by atomic mass is 10.00. The average molecular weight is 250 g/mol. The van der Waals surface area contributed by atoms with Crippen LogP contribution in [0.5, 0.6) is 0 Å². The summed E-state index contributed by atoms with van der Waals surface area (Å²) in [6.07, 6.45) is 5.01. The quantitative estimate of drug-likeness (QED) is 0.710. The Labute approximate surface area is 109 Å². The van der Waals surface area contributed by atoms with Crippen LogP contribution >= 0.6 is 0 Å². The molecule has 3 unspecified atom stereocenters. The van der Waals surface area contributed by atoms with Crippen molar-refractivity contribution in [1.82, 2.24) is 9.80 Å². The van der Waals surface area contributed by atoms with E-state index in [-0.39, 0.29) is 29.9 Å². The maximum absolute atomic E-state index is 12.5. The number of fused-ring (bicyclic) bond motifs is 1. The first-order valence-corrected chi connectivity index (χ1v) is 6.85. The van der Waals surface area contributed by atoms with Gasteiger partial charge in [0.05, 0.1) is 0 Å². The number of hydrogen-bond donors (Lipinski definition) is 0. The Kier molecular flexibility index (Phi) is 3.73. The van der Waals surface area contributed by atoms with Crippen molar-refractivity contribution in [3.05, 3.63) is 12.7 Å². The summed E-state index contributed by atoms with van der Waals surface area (Å²) in [6, 6.07) is -0.416. The highest BCUT2D eigenvalue weighted by Crippen LogP contribution is 2.30. The highest BCUT2D eigenvalue weighted by molar-refractivity contribution is 5.97. The number of carbonyl (C=O) groups is 2. The molecule has 0 spiro atoms. The molecule has 2 fully saturated rings. The highest BCUT2D eigenvalue weighted by Gasteiger charge is 2.48. The number of rotatable bonds is 4. The second-order valence-corrected chi connectivity index (χ2v) is 5.23. The molecule has 0 aromatic carbocycles. The van der Waals surface area contributed by atoms with Crippen LogP contribution in [-0.2, 0) is 9.59 Å². The first kappa shape index (κ1) is 13.1. The lowest BCUT2D eigenvalue weighted by Gasteiger charge is -2.44. The molecule has 18 heavy (non-hydrogen) atoms. The predicted molar refractivity (Wildman–Crippen MR) is 69.9 cm³/mol. The zero-order valence-electron chi connectivity index (χ0n) is 11.3. The van der Waals surface area contributed by atoms with E-state index < -0.39 is 0 Å². The monoisotopic (exact) mass is 250 g/mol. The number of piperazine rings is 1. The second kappa shape index (κ2) is 5.12. The van der Waals surface area contributed by atoms with Gasteiger partial charge in [-0.3, -0.25) is 9.59 Å². The smallest absolute Gasteiger partial charge is 0.246 e. The third-order valence-electron chi connectivity index (χ3n) is 4.07. The van der Waals surface area contributed by atoms with E-state index in [0.717, 1.165) is 25.8 Å². The van der Waals surface area contributed by atoms with Gasteiger partial charge in [0.15, 0.2) is 0 Å². The Balaban J connectivity index is 2.27. The van der Waals surface area contributed by atoms with Gasteiger partial charge >= 0.3 is 0 Å². The van der Waals surface area contributed by atoms with Gasteiger partial charge in [-0.1, -0.05) is 13.0 Å². The molecule has 0 radical (unpaired) electrons. The van der Waals surface area contributed by atoms with E-state index in [4.69, 9.17) is 0 Å². The fourth-order valence-corrected chi connectivity index (χ4v) is 3.17. The fourth-order valence-electron chi connectivity index (χ4n) is 3.17. The van der Waals surface area contributed by atoms with Gasteiger partial charge in [0.1, 0.15) is 12.1 Å². The summed E-state index contributed by atoms with van der Waals surface area (Å²) in [5, 5.41) is 0. The summed E-state index contributed by atoms with van der Waals surface area (Å²) < 4.78 is 0. The topological polar surface area (TPSA) is 40.6 Å². The van der Waals surface area contributed by atoms with Gasteiger partial charge in [-0.2, -0.15) is 0 Å². The van der Waals surface area contributed by atoms with Gasteiger partial charge in [0, 0.05) is 12.6 Å². The molecule has 0 bridgehead atoms. The number of hydrogen-bond acceptors (Lipinski definition) is 2. The van der Waals surface area contributed by atoms with Crippen LogP contribution < -0.4 is 0 Å². The molecule has 2 heterocycles. The van der Waals surface area contributed by atoms with E-state index in [1.807, 2.05) is 19.9 Å². The molecule has 2 amide bonds. The summed E-state index contributed by atoms with van der Waals surface area (Å²) >= 11 is 0. The van der Waals surface area contributed by atoms with Crippen LogP contribution in [0.1, 0.15) is 39.5 Å². The maximum Gasteiger partial charge on any atom is 0.246 e. The van der Waals surface area contributed by atoms with Crippen molar-refractivity contribution in [2.45, 2.75) is 57.7 Å². The van der Waals surface area contributed by atoms with Crippen molar-refractivity contribution in [2.75, 3.05) is 6.54 Å². The predicted octanol–water partition coefficient (Wildman–Crippen LogP) is 1.56. The molecule has 2 aliphatic heterocycles. The maximum atomic E-state index is 12.5. The summed E-state index contributed by atoms with van der Waals surface area (Å²) in [5.74, 6) is 0.267. The minimum atomic E-state index is -0.276. The zero-order valence-corrected chi connectivity index (χ0v) is 11.3. The van der Waals surface area contributed by atoms with Crippen LogP contribution in [0, 0.1) is 0 Å². The van der Waals surface area contributed by atoms with Crippen LogP contribution in [0.25, 0.3) is 0 Å². The largest absolute Gasteiger partial charge is 0.329 e. The molecule has 0 aliphatic carbocycles. The molecule has 0 saturated carbocycles. The molecule has 3 atom stereocenters. The molecule has 4 heteroatoms. The van der Waals surface area contributed by atoms with Crippen molar-refractivity contribution in [2.24, 2.45) is 0 Å². The van der Waals surface area contributed by atoms with E-state index >= 15 is 0 Å². The van der Waals surface area contributed by atoms with E-state index in [0.29, 0.717) is 6.42 Å². The Morgan fingerprint density at radius 2 is 2.17 bits per heavy atom. The molecular formula is C14H22N2O2. The Hall–Kier alpha value is -1.32. The van der Waals surface area contributed by atoms with Crippen molar-refractivity contribution in [3.63, 3.8) is 0 Å². The molecule has 2 aliphatic rings. The lowest BCUT2D eigenvalue weighted by Crippen LogP contribution is -2.64. The van der Waals surface area contributed by atoms with Crippen molar-refractivity contribution < 1.29 is 9.59 Å². The average Bonchev–Trinajstić information content (AvgIpc) is 2.83. The third-order valence-corrected chi connectivity index (χ3v) is 4.07. The molecule has 2 saturated heterocycles. The molecule has 2 rings (SSSR count). The first-order chi connectivity index (χ1) is 8.61. The van der Waals surface area contributed by atoms with Crippen LogP contribution in [0.2, 0.25) is 0 Å². The summed E-state index contributed by atoms with van der Waals surface area (Å²) in [7, 11) is 0. The zero-order chi connectivity index (χ0) is 13.3. The minimum absolute atomic E-state index is 0.0617. The van der Waals surface area contributed by atoms with Crippen LogP contribution in [-0.4, -0.2) is 46.3 Å². The van der Waals surface area contributed by atoms with Gasteiger partial charge in [0.25, 0.3) is 0 Å². The second-order valence-electron chi connectivity index (χ2n) is 5.23. The SMILES string of the molecule is C=CCC(C)N1C(=O)C2CCCN2C(=O)C1CC. The lowest BCUT2D eigenvalue weighted by molar-refractivity contribution is -0.161. The van der Waals surface area contributed by atoms with Crippen LogP contribution in [0.15, 0.2) is 12.7 Å². The van der Waals surface area contributed by atoms with Crippen LogP contribution in [0.4, 0.5) is 0 Å². The summed E-state index contributed by atoms with van der Waals surface area (Å²) in [4.78, 5) is 28.5. The number of nitrogens with zero attached hydrogens (tertiary/aromatic N) is 2. The fraction of sp³-hybridized carbons (Fsp3) is 0.714. The van der Waals surface area contributed by atoms with Crippen molar-refractivity contribution in [3.8, 4) is 0 Å². The minimum Gasteiger partial charge on any atom is -0.329 e. The Bertz CT molecular complexity index is 367. The summed E-state index contributed by atoms with van der Waals surface area (Å²) in [6.45, 7) is 8.44. The van der Waals surface area contributed by atoms with Crippen LogP contribution in [0.3, 0.4) is 0 Å². The summed E-state index contributed by atoms with van der Waals surface area (Å²) in [5.41, 5.74) is 0. The van der Waals surface area contributed by atoms with Gasteiger partial charge in [-0.05, 0) is 32.6 Å². The number of carbonyl (C=O) groups excluding carboxylic acids is 2. The van der Waals surface area contributed by atoms with Gasteiger partial charge < -0.3 is 9.80 Å². The molecule has 0 aromatic rings. The van der Waals surface area contributed by atoms with Crippen molar-refractivity contribution >= 4 is 11.8 Å². The molecule has 0 N–H and O–H groups in total. The normalized spacial score (nSPS) is 29.4. The van der Waals surface area contributed by atoms with E-state index in [9.17, 15) is 9.59 Å². The van der Waals surface area contributed by atoms with Gasteiger partial charge in [-0.25, -0.2) is 0 Å².